The average Bonchev–Trinajstić information content (AvgIpc) is 2.42. The summed E-state index contributed by atoms with van der Waals surface area (Å²) in [7, 11) is 0. The molecule has 2 aromatic carbocycles. The molecular formula is C15H10BrF4NO. The van der Waals surface area contributed by atoms with Gasteiger partial charge in [-0.05, 0) is 42.0 Å². The molecule has 0 unspecified atom stereocenters. The van der Waals surface area contributed by atoms with Crippen molar-refractivity contribution in [2.75, 3.05) is 5.32 Å². The van der Waals surface area contributed by atoms with Crippen LogP contribution in [0.3, 0.4) is 0 Å². The second-order valence-electron chi connectivity index (χ2n) is 4.54. The second kappa shape index (κ2) is 6.48. The topological polar surface area (TPSA) is 29.1 Å². The molecule has 0 aliphatic carbocycles. The minimum Gasteiger partial charge on any atom is -0.326 e. The molecule has 0 aromatic heterocycles. The minimum absolute atomic E-state index is 0.00947. The van der Waals surface area contributed by atoms with E-state index in [1.54, 1.807) is 0 Å². The van der Waals surface area contributed by atoms with Crippen LogP contribution in [0.1, 0.15) is 11.1 Å². The van der Waals surface area contributed by atoms with Crippen LogP contribution >= 0.6 is 15.9 Å². The monoisotopic (exact) mass is 375 g/mol. The molecule has 0 saturated heterocycles. The van der Waals surface area contributed by atoms with Crippen LogP contribution in [0, 0.1) is 5.82 Å². The summed E-state index contributed by atoms with van der Waals surface area (Å²) in [4.78, 5) is 11.8. The Hall–Kier alpha value is -1.89. The van der Waals surface area contributed by atoms with E-state index in [4.69, 9.17) is 0 Å². The molecule has 0 spiro atoms. The summed E-state index contributed by atoms with van der Waals surface area (Å²) in [5.41, 5.74) is -0.701. The molecule has 0 heterocycles. The van der Waals surface area contributed by atoms with Gasteiger partial charge in [0.1, 0.15) is 5.82 Å². The number of hydrogen-bond donors (Lipinski definition) is 1. The van der Waals surface area contributed by atoms with Gasteiger partial charge in [0, 0.05) is 10.2 Å². The number of halogens is 5. The third kappa shape index (κ3) is 4.30. The van der Waals surface area contributed by atoms with Crippen LogP contribution in [0.5, 0.6) is 0 Å². The second-order valence-corrected chi connectivity index (χ2v) is 5.45. The van der Waals surface area contributed by atoms with E-state index in [2.05, 4.69) is 21.2 Å². The highest BCUT2D eigenvalue weighted by Gasteiger charge is 2.30. The lowest BCUT2D eigenvalue weighted by molar-refractivity contribution is -0.137. The fourth-order valence-electron chi connectivity index (χ4n) is 1.83. The first kappa shape index (κ1) is 16.5. The molecule has 2 aromatic rings. The van der Waals surface area contributed by atoms with Gasteiger partial charge in [-0.2, -0.15) is 13.2 Å². The van der Waals surface area contributed by atoms with E-state index in [-0.39, 0.29) is 17.7 Å². The Bertz CT molecular complexity index is 700. The molecule has 0 bridgehead atoms. The number of benzene rings is 2. The van der Waals surface area contributed by atoms with Crippen molar-refractivity contribution < 1.29 is 22.4 Å². The van der Waals surface area contributed by atoms with E-state index in [0.29, 0.717) is 4.47 Å². The minimum atomic E-state index is -4.49. The van der Waals surface area contributed by atoms with Crippen LogP contribution in [-0.2, 0) is 17.4 Å². The molecule has 1 N–H and O–H groups in total. The summed E-state index contributed by atoms with van der Waals surface area (Å²) in [5.74, 6) is -1.15. The van der Waals surface area contributed by atoms with Crippen molar-refractivity contribution in [1.82, 2.24) is 0 Å². The first-order chi connectivity index (χ1) is 10.3. The quantitative estimate of drug-likeness (QED) is 0.767. The van der Waals surface area contributed by atoms with Crippen LogP contribution in [0.25, 0.3) is 0 Å². The number of carbonyl (C=O) groups excluding carboxylic acids is 1. The standard InChI is InChI=1S/C15H10BrF4NO/c16-11-4-5-13(17)9(6-11)7-14(22)21-12-3-1-2-10(8-12)15(18,19)20/h1-6,8H,7H2,(H,21,22). The molecule has 7 heteroatoms. The van der Waals surface area contributed by atoms with Crippen molar-refractivity contribution >= 4 is 27.5 Å². The third-order valence-corrected chi connectivity index (χ3v) is 3.33. The maximum atomic E-state index is 13.5. The molecule has 0 aliphatic rings. The lowest BCUT2D eigenvalue weighted by Crippen LogP contribution is -2.16. The van der Waals surface area contributed by atoms with Gasteiger partial charge in [-0.1, -0.05) is 22.0 Å². The molecule has 1 amide bonds. The summed E-state index contributed by atoms with van der Waals surface area (Å²) >= 11 is 3.16. The number of nitrogens with one attached hydrogen (secondary N) is 1. The maximum absolute atomic E-state index is 13.5. The largest absolute Gasteiger partial charge is 0.416 e. The Kier molecular flexibility index (Phi) is 4.85. The van der Waals surface area contributed by atoms with Crippen molar-refractivity contribution in [3.8, 4) is 0 Å². The predicted octanol–water partition coefficient (Wildman–Crippen LogP) is 4.79. The van der Waals surface area contributed by atoms with Gasteiger partial charge >= 0.3 is 6.18 Å². The SMILES string of the molecule is O=C(Cc1cc(Br)ccc1F)Nc1cccc(C(F)(F)F)c1. The number of rotatable bonds is 3. The maximum Gasteiger partial charge on any atom is 0.416 e. The van der Waals surface area contributed by atoms with E-state index in [9.17, 15) is 22.4 Å². The fourth-order valence-corrected chi connectivity index (χ4v) is 2.24. The first-order valence-electron chi connectivity index (χ1n) is 6.17. The lowest BCUT2D eigenvalue weighted by atomic mass is 10.1. The number of anilines is 1. The van der Waals surface area contributed by atoms with Crippen LogP contribution in [0.2, 0.25) is 0 Å². The van der Waals surface area contributed by atoms with Gasteiger partial charge in [-0.3, -0.25) is 4.79 Å². The Morgan fingerprint density at radius 2 is 1.86 bits per heavy atom. The van der Waals surface area contributed by atoms with Gasteiger partial charge in [-0.15, -0.1) is 0 Å². The zero-order valence-corrected chi connectivity index (χ0v) is 12.6. The van der Waals surface area contributed by atoms with E-state index in [0.717, 1.165) is 12.1 Å². The Labute approximate surface area is 132 Å². The zero-order valence-electron chi connectivity index (χ0n) is 11.0. The molecule has 0 saturated carbocycles. The van der Waals surface area contributed by atoms with Gasteiger partial charge in [0.25, 0.3) is 0 Å². The highest BCUT2D eigenvalue weighted by atomic mass is 79.9. The summed E-state index contributed by atoms with van der Waals surface area (Å²) in [6.07, 6.45) is -4.77. The summed E-state index contributed by atoms with van der Waals surface area (Å²) in [6, 6.07) is 8.41. The Morgan fingerprint density at radius 1 is 1.14 bits per heavy atom. The van der Waals surface area contributed by atoms with Gasteiger partial charge in [0.05, 0.1) is 12.0 Å². The molecule has 116 valence electrons. The number of carbonyl (C=O) groups is 1. The fraction of sp³-hybridized carbons (Fsp3) is 0.133. The van der Waals surface area contributed by atoms with Gasteiger partial charge in [0.2, 0.25) is 5.91 Å². The van der Waals surface area contributed by atoms with Crippen LogP contribution < -0.4 is 5.32 Å². The van der Waals surface area contributed by atoms with Crippen molar-refractivity contribution in [3.63, 3.8) is 0 Å². The third-order valence-electron chi connectivity index (χ3n) is 2.83. The predicted molar refractivity (Wildman–Crippen MR) is 77.9 cm³/mol. The molecule has 0 fully saturated rings. The van der Waals surface area contributed by atoms with E-state index in [1.165, 1.54) is 30.3 Å². The normalized spacial score (nSPS) is 11.3. The number of amides is 1. The number of hydrogen-bond acceptors (Lipinski definition) is 1. The molecule has 0 atom stereocenters. The van der Waals surface area contributed by atoms with Gasteiger partial charge in [-0.25, -0.2) is 4.39 Å². The summed E-state index contributed by atoms with van der Waals surface area (Å²) in [5, 5.41) is 2.33. The number of alkyl halides is 3. The summed E-state index contributed by atoms with van der Waals surface area (Å²) < 4.78 is 51.9. The Morgan fingerprint density at radius 3 is 2.55 bits per heavy atom. The molecule has 0 aliphatic heterocycles. The van der Waals surface area contributed by atoms with Crippen molar-refractivity contribution in [2.45, 2.75) is 12.6 Å². The highest BCUT2D eigenvalue weighted by molar-refractivity contribution is 9.10. The molecule has 0 radical (unpaired) electrons. The zero-order chi connectivity index (χ0) is 16.3. The van der Waals surface area contributed by atoms with E-state index < -0.39 is 23.5 Å². The molecule has 22 heavy (non-hydrogen) atoms. The van der Waals surface area contributed by atoms with Crippen molar-refractivity contribution in [3.05, 3.63) is 63.9 Å². The molecule has 2 nitrogen and oxygen atoms in total. The summed E-state index contributed by atoms with van der Waals surface area (Å²) in [6.45, 7) is 0. The highest BCUT2D eigenvalue weighted by Crippen LogP contribution is 2.30. The Balaban J connectivity index is 2.11. The molecular weight excluding hydrogens is 366 g/mol. The van der Waals surface area contributed by atoms with Gasteiger partial charge in [0.15, 0.2) is 0 Å². The van der Waals surface area contributed by atoms with E-state index in [1.807, 2.05) is 0 Å². The van der Waals surface area contributed by atoms with Crippen molar-refractivity contribution in [1.29, 1.82) is 0 Å². The first-order valence-corrected chi connectivity index (χ1v) is 6.96. The molecule has 2 rings (SSSR count). The van der Waals surface area contributed by atoms with E-state index >= 15 is 0 Å². The average molecular weight is 376 g/mol. The van der Waals surface area contributed by atoms with Crippen LogP contribution in [0.4, 0.5) is 23.2 Å². The van der Waals surface area contributed by atoms with Crippen molar-refractivity contribution in [2.24, 2.45) is 0 Å². The lowest BCUT2D eigenvalue weighted by Gasteiger charge is -2.10. The van der Waals surface area contributed by atoms with Gasteiger partial charge < -0.3 is 5.32 Å². The van der Waals surface area contributed by atoms with Crippen LogP contribution in [-0.4, -0.2) is 5.91 Å². The smallest absolute Gasteiger partial charge is 0.326 e. The van der Waals surface area contributed by atoms with Crippen LogP contribution in [0.15, 0.2) is 46.9 Å².